The Morgan fingerprint density at radius 3 is 2.48 bits per heavy atom. The van der Waals surface area contributed by atoms with Gasteiger partial charge in [-0.2, -0.15) is 0 Å². The van der Waals surface area contributed by atoms with Crippen molar-refractivity contribution in [2.75, 3.05) is 55.5 Å². The number of anilines is 3. The van der Waals surface area contributed by atoms with Gasteiger partial charge in [-0.15, -0.1) is 0 Å². The van der Waals surface area contributed by atoms with Gasteiger partial charge in [0.05, 0.1) is 13.2 Å². The van der Waals surface area contributed by atoms with Gasteiger partial charge in [-0.05, 0) is 31.2 Å². The molecule has 0 bridgehead atoms. The van der Waals surface area contributed by atoms with Crippen molar-refractivity contribution < 1.29 is 9.53 Å². The second-order valence-corrected chi connectivity index (χ2v) is 6.15. The molecule has 1 aromatic carbocycles. The van der Waals surface area contributed by atoms with Crippen molar-refractivity contribution in [2.45, 2.75) is 6.92 Å². The minimum atomic E-state index is -0.238. The van der Waals surface area contributed by atoms with E-state index in [-0.39, 0.29) is 5.91 Å². The molecular formula is C18H23N5O2. The zero-order valence-corrected chi connectivity index (χ0v) is 14.8. The number of aryl methyl sites for hydroxylation is 1. The van der Waals surface area contributed by atoms with Gasteiger partial charge in [0, 0.05) is 44.6 Å². The Morgan fingerprint density at radius 2 is 1.84 bits per heavy atom. The van der Waals surface area contributed by atoms with E-state index in [0.717, 1.165) is 30.3 Å². The number of carbonyl (C=O) groups excluding carboxylic acids is 1. The highest BCUT2D eigenvalue weighted by molar-refractivity contribution is 6.03. The van der Waals surface area contributed by atoms with Crippen LogP contribution in [-0.2, 0) is 4.74 Å². The Bertz CT molecular complexity index is 740. The van der Waals surface area contributed by atoms with E-state index in [0.29, 0.717) is 24.7 Å². The number of aromatic nitrogens is 2. The summed E-state index contributed by atoms with van der Waals surface area (Å²) >= 11 is 0. The summed E-state index contributed by atoms with van der Waals surface area (Å²) in [6.07, 6.45) is 0. The first-order valence-electron chi connectivity index (χ1n) is 8.30. The smallest absolute Gasteiger partial charge is 0.274 e. The van der Waals surface area contributed by atoms with Crippen LogP contribution in [0.2, 0.25) is 0 Å². The van der Waals surface area contributed by atoms with Crippen LogP contribution in [0.3, 0.4) is 0 Å². The van der Waals surface area contributed by atoms with Crippen LogP contribution in [0.25, 0.3) is 0 Å². The molecular weight excluding hydrogens is 318 g/mol. The molecule has 7 heteroatoms. The molecule has 0 unspecified atom stereocenters. The van der Waals surface area contributed by atoms with Gasteiger partial charge in [0.25, 0.3) is 5.91 Å². The number of rotatable bonds is 4. The van der Waals surface area contributed by atoms with Crippen LogP contribution in [0.4, 0.5) is 17.2 Å². The number of ether oxygens (including phenoxy) is 1. The van der Waals surface area contributed by atoms with Crippen LogP contribution < -0.4 is 15.1 Å². The van der Waals surface area contributed by atoms with Crippen LogP contribution in [0.1, 0.15) is 16.3 Å². The Labute approximate surface area is 147 Å². The predicted molar refractivity (Wildman–Crippen MR) is 98.5 cm³/mol. The second kappa shape index (κ2) is 7.48. The number of amides is 1. The molecule has 7 nitrogen and oxygen atoms in total. The predicted octanol–water partition coefficient (Wildman–Crippen LogP) is 1.94. The number of hydrogen-bond acceptors (Lipinski definition) is 6. The third-order valence-electron chi connectivity index (χ3n) is 4.03. The molecule has 1 saturated heterocycles. The standard InChI is InChI=1S/C18H23N5O2/c1-13-19-16(12-17(20-13)23-8-10-25-11-9-23)18(24)21-14-4-6-15(7-5-14)22(2)3/h4-7,12H,8-11H2,1-3H3,(H,21,24). The first-order chi connectivity index (χ1) is 12.0. The summed E-state index contributed by atoms with van der Waals surface area (Å²) in [5, 5.41) is 2.89. The molecule has 0 atom stereocenters. The number of nitrogens with one attached hydrogen (secondary N) is 1. The summed E-state index contributed by atoms with van der Waals surface area (Å²) in [5.74, 6) is 1.11. The highest BCUT2D eigenvalue weighted by atomic mass is 16.5. The quantitative estimate of drug-likeness (QED) is 0.916. The van der Waals surface area contributed by atoms with Crippen LogP contribution in [0.5, 0.6) is 0 Å². The Kier molecular flexibility index (Phi) is 5.14. The zero-order chi connectivity index (χ0) is 17.8. The average molecular weight is 341 g/mol. The Balaban J connectivity index is 1.76. The molecule has 0 saturated carbocycles. The highest BCUT2D eigenvalue weighted by Crippen LogP contribution is 2.18. The molecule has 1 fully saturated rings. The van der Waals surface area contributed by atoms with Crippen molar-refractivity contribution in [1.82, 2.24) is 9.97 Å². The van der Waals surface area contributed by atoms with E-state index >= 15 is 0 Å². The van der Waals surface area contributed by atoms with Gasteiger partial charge in [0.15, 0.2) is 0 Å². The fraction of sp³-hybridized carbons (Fsp3) is 0.389. The van der Waals surface area contributed by atoms with E-state index in [2.05, 4.69) is 20.2 Å². The molecule has 1 amide bonds. The summed E-state index contributed by atoms with van der Waals surface area (Å²) < 4.78 is 5.37. The number of benzene rings is 1. The van der Waals surface area contributed by atoms with Gasteiger partial charge in [0.2, 0.25) is 0 Å². The van der Waals surface area contributed by atoms with E-state index in [1.807, 2.05) is 43.3 Å². The molecule has 2 heterocycles. The fourth-order valence-electron chi connectivity index (χ4n) is 2.66. The van der Waals surface area contributed by atoms with Crippen LogP contribution in [0, 0.1) is 6.92 Å². The third kappa shape index (κ3) is 4.24. The third-order valence-corrected chi connectivity index (χ3v) is 4.03. The lowest BCUT2D eigenvalue weighted by molar-refractivity contribution is 0.102. The topological polar surface area (TPSA) is 70.6 Å². The van der Waals surface area contributed by atoms with E-state index in [9.17, 15) is 4.79 Å². The van der Waals surface area contributed by atoms with Crippen LogP contribution in [0.15, 0.2) is 30.3 Å². The van der Waals surface area contributed by atoms with E-state index < -0.39 is 0 Å². The van der Waals surface area contributed by atoms with E-state index in [1.54, 1.807) is 13.0 Å². The second-order valence-electron chi connectivity index (χ2n) is 6.15. The first-order valence-corrected chi connectivity index (χ1v) is 8.30. The van der Waals surface area contributed by atoms with Crippen molar-refractivity contribution in [3.63, 3.8) is 0 Å². The van der Waals surface area contributed by atoms with Gasteiger partial charge in [-0.1, -0.05) is 0 Å². The number of carbonyl (C=O) groups is 1. The van der Waals surface area contributed by atoms with Crippen molar-refractivity contribution in [1.29, 1.82) is 0 Å². The van der Waals surface area contributed by atoms with Gasteiger partial charge in [-0.25, -0.2) is 9.97 Å². The van der Waals surface area contributed by atoms with Gasteiger partial charge >= 0.3 is 0 Å². The zero-order valence-electron chi connectivity index (χ0n) is 14.8. The van der Waals surface area contributed by atoms with Crippen molar-refractivity contribution in [3.05, 3.63) is 41.9 Å². The molecule has 3 rings (SSSR count). The lowest BCUT2D eigenvalue weighted by Crippen LogP contribution is -2.37. The molecule has 1 N–H and O–H groups in total. The fourth-order valence-corrected chi connectivity index (χ4v) is 2.66. The molecule has 1 aliphatic rings. The summed E-state index contributed by atoms with van der Waals surface area (Å²) in [6, 6.07) is 9.41. The van der Waals surface area contributed by atoms with Crippen molar-refractivity contribution >= 4 is 23.1 Å². The summed E-state index contributed by atoms with van der Waals surface area (Å²) in [7, 11) is 3.95. The van der Waals surface area contributed by atoms with Gasteiger partial charge < -0.3 is 19.9 Å². The molecule has 0 aliphatic carbocycles. The van der Waals surface area contributed by atoms with Gasteiger partial charge in [-0.3, -0.25) is 4.79 Å². The Hall–Kier alpha value is -2.67. The summed E-state index contributed by atoms with van der Waals surface area (Å²) in [4.78, 5) is 25.4. The molecule has 1 aliphatic heterocycles. The number of hydrogen-bond donors (Lipinski definition) is 1. The maximum Gasteiger partial charge on any atom is 0.274 e. The van der Waals surface area contributed by atoms with Crippen molar-refractivity contribution in [3.8, 4) is 0 Å². The molecule has 0 radical (unpaired) electrons. The number of morpholine rings is 1. The maximum absolute atomic E-state index is 12.6. The van der Waals surface area contributed by atoms with Crippen LogP contribution >= 0.6 is 0 Å². The summed E-state index contributed by atoms with van der Waals surface area (Å²) in [6.45, 7) is 4.67. The molecule has 1 aromatic heterocycles. The van der Waals surface area contributed by atoms with E-state index in [4.69, 9.17) is 4.74 Å². The monoisotopic (exact) mass is 341 g/mol. The highest BCUT2D eigenvalue weighted by Gasteiger charge is 2.17. The Morgan fingerprint density at radius 1 is 1.16 bits per heavy atom. The first kappa shape index (κ1) is 17.2. The lowest BCUT2D eigenvalue weighted by Gasteiger charge is -2.28. The van der Waals surface area contributed by atoms with Crippen LogP contribution in [-0.4, -0.2) is 56.3 Å². The maximum atomic E-state index is 12.6. The normalized spacial score (nSPS) is 14.3. The largest absolute Gasteiger partial charge is 0.378 e. The minimum absolute atomic E-state index is 0.238. The SMILES string of the molecule is Cc1nc(C(=O)Nc2ccc(N(C)C)cc2)cc(N2CCOCC2)n1. The van der Waals surface area contributed by atoms with Gasteiger partial charge in [0.1, 0.15) is 17.3 Å². The summed E-state index contributed by atoms with van der Waals surface area (Å²) in [5.41, 5.74) is 2.18. The molecule has 2 aromatic rings. The average Bonchev–Trinajstić information content (AvgIpc) is 2.62. The minimum Gasteiger partial charge on any atom is -0.378 e. The molecule has 132 valence electrons. The lowest BCUT2D eigenvalue weighted by atomic mass is 10.2. The van der Waals surface area contributed by atoms with Crippen molar-refractivity contribution in [2.24, 2.45) is 0 Å². The number of nitrogens with zero attached hydrogens (tertiary/aromatic N) is 4. The van der Waals surface area contributed by atoms with E-state index in [1.165, 1.54) is 0 Å². The molecule has 0 spiro atoms. The molecule has 25 heavy (non-hydrogen) atoms.